The van der Waals surface area contributed by atoms with Crippen LogP contribution in [0.2, 0.25) is 0 Å². The summed E-state index contributed by atoms with van der Waals surface area (Å²) in [5.74, 6) is -1.62. The molecule has 0 rings (SSSR count). The molecule has 0 spiro atoms. The maximum Gasteiger partial charge on any atom is 0.216 e. The molecule has 13 heavy (non-hydrogen) atoms. The van der Waals surface area contributed by atoms with E-state index in [4.69, 9.17) is 0 Å². The fourth-order valence-corrected chi connectivity index (χ4v) is 0.888. The molecule has 0 aliphatic carbocycles. The zero-order chi connectivity index (χ0) is 10.3. The summed E-state index contributed by atoms with van der Waals surface area (Å²) < 4.78 is 12.7. The zero-order valence-electron chi connectivity index (χ0n) is 8.33. The Labute approximate surface area is 82.2 Å². The smallest absolute Gasteiger partial charge is 0.216 e. The second-order valence-corrected chi connectivity index (χ2v) is 3.77. The van der Waals surface area contributed by atoms with Crippen molar-refractivity contribution in [3.63, 3.8) is 0 Å². The van der Waals surface area contributed by atoms with Crippen molar-refractivity contribution in [1.82, 2.24) is 4.83 Å². The van der Waals surface area contributed by atoms with E-state index in [1.807, 2.05) is 13.8 Å². The first kappa shape index (κ1) is 12.3. The Morgan fingerprint density at radius 2 is 2.15 bits per heavy atom. The average Bonchev–Trinajstić information content (AvgIpc) is 1.97. The van der Waals surface area contributed by atoms with Crippen LogP contribution in [-0.2, 0) is 0 Å². The third-order valence-corrected chi connectivity index (χ3v) is 1.50. The van der Waals surface area contributed by atoms with E-state index in [0.717, 1.165) is 11.6 Å². The Hall–Kier alpha value is -0.650. The minimum absolute atomic E-state index is 0.728. The topological polar surface area (TPSA) is 49.1 Å². The molecular weight excluding hydrogens is 191 g/mol. The highest BCUT2D eigenvalue weighted by Gasteiger charge is 2.11. The molecule has 4 nitrogen and oxygen atoms in total. The van der Waals surface area contributed by atoms with Gasteiger partial charge in [-0.05, 0) is 27.7 Å². The Morgan fingerprint density at radius 1 is 1.54 bits per heavy atom. The van der Waals surface area contributed by atoms with Gasteiger partial charge in [0.1, 0.15) is 0 Å². The Morgan fingerprint density at radius 3 is 2.62 bits per heavy atom. The van der Waals surface area contributed by atoms with Crippen molar-refractivity contribution in [1.29, 1.82) is 0 Å². The first-order valence-corrected chi connectivity index (χ1v) is 4.81. The first-order valence-electron chi connectivity index (χ1n) is 3.99. The highest BCUT2D eigenvalue weighted by Crippen LogP contribution is 2.09. The quantitative estimate of drug-likeness (QED) is 0.192. The molecule has 0 aromatic rings. The normalized spacial score (nSPS) is 13.8. The van der Waals surface area contributed by atoms with Gasteiger partial charge in [0.05, 0.1) is 5.04 Å². The lowest BCUT2D eigenvalue weighted by Gasteiger charge is -2.04. The number of halogens is 1. The molecular formula is C7H15FN4S. The molecule has 0 amide bonds. The molecule has 0 heterocycles. The van der Waals surface area contributed by atoms with Crippen molar-refractivity contribution in [2.75, 3.05) is 6.54 Å². The molecule has 0 aromatic carbocycles. The molecule has 0 saturated heterocycles. The lowest BCUT2D eigenvalue weighted by molar-refractivity contribution is 0.216. The number of alkyl halides is 1. The molecule has 76 valence electrons. The predicted octanol–water partition coefficient (Wildman–Crippen LogP) is 2.74. The van der Waals surface area contributed by atoms with Crippen LogP contribution in [0.25, 0.3) is 0 Å². The van der Waals surface area contributed by atoms with Crippen molar-refractivity contribution >= 4 is 17.0 Å². The third-order valence-electron chi connectivity index (χ3n) is 0.903. The van der Waals surface area contributed by atoms with E-state index < -0.39 is 5.79 Å². The number of hydrogen-bond donors (Lipinski definition) is 1. The van der Waals surface area contributed by atoms with Crippen molar-refractivity contribution < 1.29 is 4.39 Å². The van der Waals surface area contributed by atoms with Gasteiger partial charge in [0.25, 0.3) is 0 Å². The molecule has 0 fully saturated rings. The lowest BCUT2D eigenvalue weighted by Crippen LogP contribution is -2.07. The number of aliphatic imine (C=N–C) groups is 1. The van der Waals surface area contributed by atoms with Crippen LogP contribution in [0.3, 0.4) is 0 Å². The van der Waals surface area contributed by atoms with Gasteiger partial charge in [0, 0.05) is 18.5 Å². The Balaban J connectivity index is 3.68. The molecule has 0 aliphatic rings. The molecule has 0 saturated carbocycles. The maximum atomic E-state index is 12.7. The van der Waals surface area contributed by atoms with Crippen LogP contribution in [0.1, 0.15) is 27.7 Å². The standard InChI is InChI=1S/C7H15FN4S/c1-5-9-6(2)13-12-11-10-7(3,4)8/h5H2,1-4H3,(H,10,12)/b9-6-. The number of rotatable bonds is 4. The average molecular weight is 206 g/mol. The van der Waals surface area contributed by atoms with Gasteiger partial charge >= 0.3 is 0 Å². The van der Waals surface area contributed by atoms with Crippen LogP contribution in [0, 0.1) is 0 Å². The predicted molar refractivity (Wildman–Crippen MR) is 54.4 cm³/mol. The highest BCUT2D eigenvalue weighted by molar-refractivity contribution is 8.12. The molecule has 0 bridgehead atoms. The number of hydrogen-bond acceptors (Lipinski definition) is 4. The summed E-state index contributed by atoms with van der Waals surface area (Å²) >= 11 is 1.21. The third kappa shape index (κ3) is 9.26. The van der Waals surface area contributed by atoms with E-state index in [1.54, 1.807) is 0 Å². The van der Waals surface area contributed by atoms with Crippen LogP contribution in [0.5, 0.6) is 0 Å². The van der Waals surface area contributed by atoms with Gasteiger partial charge in [0.15, 0.2) is 0 Å². The van der Waals surface area contributed by atoms with E-state index in [9.17, 15) is 4.39 Å². The SMILES string of the molecule is CC/N=C(/C)SN/N=N\C(C)(C)F. The summed E-state index contributed by atoms with van der Waals surface area (Å²) in [6, 6.07) is 0. The summed E-state index contributed by atoms with van der Waals surface area (Å²) in [4.78, 5) is 6.61. The first-order chi connectivity index (χ1) is 5.95. The van der Waals surface area contributed by atoms with Crippen LogP contribution in [0.4, 0.5) is 4.39 Å². The zero-order valence-corrected chi connectivity index (χ0v) is 9.15. The van der Waals surface area contributed by atoms with Gasteiger partial charge in [-0.2, -0.15) is 0 Å². The van der Waals surface area contributed by atoms with Gasteiger partial charge in [-0.15, -0.1) is 5.11 Å². The largest absolute Gasteiger partial charge is 0.282 e. The summed E-state index contributed by atoms with van der Waals surface area (Å²) in [6.07, 6.45) is 0. The van der Waals surface area contributed by atoms with Gasteiger partial charge < -0.3 is 0 Å². The van der Waals surface area contributed by atoms with Crippen molar-refractivity contribution in [2.45, 2.75) is 33.5 Å². The maximum absolute atomic E-state index is 12.7. The van der Waals surface area contributed by atoms with Crippen molar-refractivity contribution in [2.24, 2.45) is 15.3 Å². The molecule has 0 aliphatic heterocycles. The second kappa shape index (κ2) is 5.90. The summed E-state index contributed by atoms with van der Waals surface area (Å²) in [5, 5.41) is 7.65. The minimum Gasteiger partial charge on any atom is -0.282 e. The molecule has 0 aromatic heterocycles. The molecule has 6 heteroatoms. The van der Waals surface area contributed by atoms with Crippen molar-refractivity contribution in [3.05, 3.63) is 0 Å². The minimum atomic E-state index is -1.62. The van der Waals surface area contributed by atoms with Crippen LogP contribution in [0.15, 0.2) is 15.3 Å². The van der Waals surface area contributed by atoms with Gasteiger partial charge in [-0.3, -0.25) is 4.99 Å². The van der Waals surface area contributed by atoms with Crippen LogP contribution in [-0.4, -0.2) is 17.4 Å². The summed E-state index contributed by atoms with van der Waals surface area (Å²) in [5.41, 5.74) is 0. The van der Waals surface area contributed by atoms with Gasteiger partial charge in [-0.25, -0.2) is 9.22 Å². The van der Waals surface area contributed by atoms with Crippen LogP contribution < -0.4 is 4.83 Å². The molecule has 1 N–H and O–H groups in total. The Kier molecular flexibility index (Phi) is 5.61. The van der Waals surface area contributed by atoms with E-state index in [0.29, 0.717) is 0 Å². The molecule has 0 radical (unpaired) electrons. The number of nitrogens with one attached hydrogen (secondary N) is 1. The van der Waals surface area contributed by atoms with E-state index in [-0.39, 0.29) is 0 Å². The van der Waals surface area contributed by atoms with Gasteiger partial charge in [-0.1, -0.05) is 5.22 Å². The summed E-state index contributed by atoms with van der Waals surface area (Å²) in [7, 11) is 0. The van der Waals surface area contributed by atoms with Crippen LogP contribution >= 0.6 is 11.9 Å². The van der Waals surface area contributed by atoms with Crippen molar-refractivity contribution in [3.8, 4) is 0 Å². The number of nitrogens with zero attached hydrogens (tertiary/aromatic N) is 3. The fraction of sp³-hybridized carbons (Fsp3) is 0.857. The molecule has 0 unspecified atom stereocenters. The summed E-state index contributed by atoms with van der Waals surface area (Å²) in [6.45, 7) is 7.17. The lowest BCUT2D eigenvalue weighted by atomic mass is 10.4. The fourth-order valence-electron chi connectivity index (χ4n) is 0.481. The van der Waals surface area contributed by atoms with E-state index in [2.05, 4.69) is 20.2 Å². The highest BCUT2D eigenvalue weighted by atomic mass is 32.2. The Bertz CT molecular complexity index is 197. The monoisotopic (exact) mass is 206 g/mol. The van der Waals surface area contributed by atoms with Gasteiger partial charge in [0.2, 0.25) is 5.79 Å². The second-order valence-electron chi connectivity index (χ2n) is 2.80. The van der Waals surface area contributed by atoms with E-state index >= 15 is 0 Å². The van der Waals surface area contributed by atoms with E-state index in [1.165, 1.54) is 25.8 Å². The molecule has 0 atom stereocenters.